The molecule has 0 amide bonds. The number of carbonyl (C=O) groups excluding carboxylic acids is 1. The van der Waals surface area contributed by atoms with Crippen LogP contribution in [0.3, 0.4) is 0 Å². The van der Waals surface area contributed by atoms with Crippen LogP contribution in [-0.4, -0.2) is 31.1 Å². The summed E-state index contributed by atoms with van der Waals surface area (Å²) < 4.78 is 29.8. The van der Waals surface area contributed by atoms with Gasteiger partial charge in [-0.3, -0.25) is 0 Å². The molecule has 0 aromatic heterocycles. The largest absolute Gasteiger partial charge is 0.453 e. The number of rotatable bonds is 2. The molecule has 1 aromatic carbocycles. The van der Waals surface area contributed by atoms with Crippen molar-refractivity contribution < 1.29 is 23.4 Å². The Hall–Kier alpha value is -1.46. The topological polar surface area (TPSA) is 44.8 Å². The van der Waals surface area contributed by atoms with E-state index >= 15 is 0 Å². The van der Waals surface area contributed by atoms with Gasteiger partial charge in [0.25, 0.3) is 0 Å². The maximum absolute atomic E-state index is 12.9. The van der Waals surface area contributed by atoms with Gasteiger partial charge in [-0.25, -0.2) is 9.18 Å². The number of halogens is 1. The molecule has 1 spiro atoms. The normalized spacial score (nSPS) is 29.6. The van der Waals surface area contributed by atoms with Crippen LogP contribution in [0.2, 0.25) is 0 Å². The van der Waals surface area contributed by atoms with Gasteiger partial charge in [0.15, 0.2) is 6.10 Å². The van der Waals surface area contributed by atoms with Crippen LogP contribution in [0.25, 0.3) is 0 Å². The van der Waals surface area contributed by atoms with Gasteiger partial charge >= 0.3 is 5.97 Å². The number of hydrogen-bond donors (Lipinski definition) is 0. The first-order valence-corrected chi connectivity index (χ1v) is 6.94. The third-order valence-corrected chi connectivity index (χ3v) is 3.79. The van der Waals surface area contributed by atoms with E-state index in [1.165, 1.54) is 24.3 Å². The van der Waals surface area contributed by atoms with Gasteiger partial charge in [-0.1, -0.05) is 0 Å². The first-order valence-electron chi connectivity index (χ1n) is 6.94. The Morgan fingerprint density at radius 1 is 1.20 bits per heavy atom. The molecule has 4 nitrogen and oxygen atoms in total. The number of ether oxygens (including phenoxy) is 3. The minimum atomic E-state index is -0.770. The summed E-state index contributed by atoms with van der Waals surface area (Å²) in [7, 11) is 0. The molecular weight excluding hydrogens is 263 g/mol. The molecular formula is C15H17FO4. The standard InChI is InChI=1S/C15H17FO4/c16-12-6-4-11(5-7-12)14(17)20-13-3-1-9-18-15(13)8-2-10-19-15/h4-7,13H,1-3,8-10H2. The number of esters is 1. The molecule has 0 N–H and O–H groups in total. The van der Waals surface area contributed by atoms with Crippen LogP contribution in [0, 0.1) is 5.82 Å². The smallest absolute Gasteiger partial charge is 0.338 e. The second-order valence-corrected chi connectivity index (χ2v) is 5.16. The van der Waals surface area contributed by atoms with Crippen molar-refractivity contribution in [2.75, 3.05) is 13.2 Å². The number of carbonyl (C=O) groups is 1. The molecule has 1 aromatic rings. The van der Waals surface area contributed by atoms with Gasteiger partial charge in [-0.05, 0) is 43.5 Å². The average molecular weight is 280 g/mol. The molecule has 2 aliphatic rings. The van der Waals surface area contributed by atoms with Crippen molar-refractivity contribution in [2.45, 2.75) is 37.6 Å². The summed E-state index contributed by atoms with van der Waals surface area (Å²) in [5.74, 6) is -1.61. The SMILES string of the molecule is O=C(OC1CCCOC12CCCO2)c1ccc(F)cc1. The Balaban J connectivity index is 1.72. The highest BCUT2D eigenvalue weighted by Gasteiger charge is 2.48. The summed E-state index contributed by atoms with van der Waals surface area (Å²) in [4.78, 5) is 12.1. The second-order valence-electron chi connectivity index (χ2n) is 5.16. The van der Waals surface area contributed by atoms with Crippen molar-refractivity contribution in [3.63, 3.8) is 0 Å². The van der Waals surface area contributed by atoms with Crippen LogP contribution in [0.1, 0.15) is 36.0 Å². The number of hydrogen-bond acceptors (Lipinski definition) is 4. The highest BCUT2D eigenvalue weighted by molar-refractivity contribution is 5.89. The lowest BCUT2D eigenvalue weighted by atomic mass is 9.99. The molecule has 5 heteroatoms. The zero-order chi connectivity index (χ0) is 14.0. The van der Waals surface area contributed by atoms with Crippen molar-refractivity contribution in [1.82, 2.24) is 0 Å². The summed E-state index contributed by atoms with van der Waals surface area (Å²) >= 11 is 0. The van der Waals surface area contributed by atoms with Crippen molar-refractivity contribution in [3.05, 3.63) is 35.6 Å². The van der Waals surface area contributed by atoms with Crippen molar-refractivity contribution in [3.8, 4) is 0 Å². The molecule has 0 saturated carbocycles. The van der Waals surface area contributed by atoms with Crippen LogP contribution in [0.4, 0.5) is 4.39 Å². The van der Waals surface area contributed by atoms with Gasteiger partial charge in [0.2, 0.25) is 5.79 Å². The Morgan fingerprint density at radius 2 is 1.90 bits per heavy atom. The third-order valence-electron chi connectivity index (χ3n) is 3.79. The summed E-state index contributed by atoms with van der Waals surface area (Å²) in [5.41, 5.74) is 0.338. The predicted molar refractivity (Wildman–Crippen MR) is 68.7 cm³/mol. The van der Waals surface area contributed by atoms with Gasteiger partial charge in [0.1, 0.15) is 5.82 Å². The Kier molecular flexibility index (Phi) is 3.72. The molecule has 2 saturated heterocycles. The van der Waals surface area contributed by atoms with E-state index in [2.05, 4.69) is 0 Å². The van der Waals surface area contributed by atoms with Crippen molar-refractivity contribution in [2.24, 2.45) is 0 Å². The monoisotopic (exact) mass is 280 g/mol. The van der Waals surface area contributed by atoms with E-state index in [1.54, 1.807) is 0 Å². The first-order chi connectivity index (χ1) is 9.70. The molecule has 20 heavy (non-hydrogen) atoms. The van der Waals surface area contributed by atoms with Gasteiger partial charge in [-0.15, -0.1) is 0 Å². The van der Waals surface area contributed by atoms with Crippen LogP contribution in [0.5, 0.6) is 0 Å². The maximum atomic E-state index is 12.9. The lowest BCUT2D eigenvalue weighted by Crippen LogP contribution is -2.50. The van der Waals surface area contributed by atoms with E-state index in [0.717, 1.165) is 25.7 Å². The van der Waals surface area contributed by atoms with E-state index in [1.807, 2.05) is 0 Å². The highest BCUT2D eigenvalue weighted by atomic mass is 19.1. The predicted octanol–water partition coefficient (Wildman–Crippen LogP) is 2.67. The Labute approximate surface area is 116 Å². The highest BCUT2D eigenvalue weighted by Crippen LogP contribution is 2.37. The van der Waals surface area contributed by atoms with Gasteiger partial charge in [-0.2, -0.15) is 0 Å². The second kappa shape index (κ2) is 5.50. The molecule has 0 aliphatic carbocycles. The summed E-state index contributed by atoms with van der Waals surface area (Å²) in [6.45, 7) is 1.26. The molecule has 3 rings (SSSR count). The van der Waals surface area contributed by atoms with Crippen LogP contribution < -0.4 is 0 Å². The quantitative estimate of drug-likeness (QED) is 0.781. The van der Waals surface area contributed by atoms with Gasteiger partial charge in [0.05, 0.1) is 18.8 Å². The molecule has 2 unspecified atom stereocenters. The van der Waals surface area contributed by atoms with Crippen LogP contribution in [-0.2, 0) is 14.2 Å². The number of benzene rings is 1. The van der Waals surface area contributed by atoms with E-state index in [0.29, 0.717) is 18.8 Å². The first kappa shape index (κ1) is 13.5. The summed E-state index contributed by atoms with van der Waals surface area (Å²) in [6, 6.07) is 5.33. The molecule has 0 radical (unpaired) electrons. The fraction of sp³-hybridized carbons (Fsp3) is 0.533. The van der Waals surface area contributed by atoms with Gasteiger partial charge in [0, 0.05) is 6.42 Å². The van der Waals surface area contributed by atoms with E-state index in [-0.39, 0.29) is 5.82 Å². The minimum Gasteiger partial charge on any atom is -0.453 e. The van der Waals surface area contributed by atoms with Crippen molar-refractivity contribution >= 4 is 5.97 Å². The fourth-order valence-electron chi connectivity index (χ4n) is 2.76. The molecule has 2 aliphatic heterocycles. The summed E-state index contributed by atoms with van der Waals surface area (Å²) in [5, 5.41) is 0. The third kappa shape index (κ3) is 2.55. The molecule has 2 fully saturated rings. The van der Waals surface area contributed by atoms with Gasteiger partial charge < -0.3 is 14.2 Å². The van der Waals surface area contributed by atoms with Crippen LogP contribution >= 0.6 is 0 Å². The zero-order valence-corrected chi connectivity index (χ0v) is 11.1. The average Bonchev–Trinajstić information content (AvgIpc) is 2.91. The van der Waals surface area contributed by atoms with E-state index in [9.17, 15) is 9.18 Å². The minimum absolute atomic E-state index is 0.338. The Morgan fingerprint density at radius 3 is 2.60 bits per heavy atom. The molecule has 2 heterocycles. The lowest BCUT2D eigenvalue weighted by Gasteiger charge is -2.39. The lowest BCUT2D eigenvalue weighted by molar-refractivity contribution is -0.277. The van der Waals surface area contributed by atoms with Crippen molar-refractivity contribution in [1.29, 1.82) is 0 Å². The van der Waals surface area contributed by atoms with E-state index in [4.69, 9.17) is 14.2 Å². The molecule has 108 valence electrons. The Bertz CT molecular complexity index is 479. The summed E-state index contributed by atoms with van der Waals surface area (Å²) in [6.07, 6.45) is 2.83. The molecule has 2 atom stereocenters. The maximum Gasteiger partial charge on any atom is 0.338 e. The molecule has 0 bridgehead atoms. The van der Waals surface area contributed by atoms with Crippen LogP contribution in [0.15, 0.2) is 24.3 Å². The van der Waals surface area contributed by atoms with E-state index < -0.39 is 17.9 Å². The zero-order valence-electron chi connectivity index (χ0n) is 11.1. The fourth-order valence-corrected chi connectivity index (χ4v) is 2.76.